The van der Waals surface area contributed by atoms with Crippen molar-refractivity contribution in [2.75, 3.05) is 6.54 Å². The van der Waals surface area contributed by atoms with Crippen LogP contribution in [-0.2, 0) is 16.8 Å². The lowest BCUT2D eigenvalue weighted by molar-refractivity contribution is -0.131. The smallest absolute Gasteiger partial charge is 0.319 e. The second-order valence-corrected chi connectivity index (χ2v) is 7.61. The molecule has 0 radical (unpaired) electrons. The van der Waals surface area contributed by atoms with Gasteiger partial charge < -0.3 is 5.32 Å². The lowest BCUT2D eigenvalue weighted by atomic mass is 9.92. The Morgan fingerprint density at radius 3 is 2.71 bits per heavy atom. The first-order valence-electron chi connectivity index (χ1n) is 7.04. The molecule has 21 heavy (non-hydrogen) atoms. The molecule has 4 rings (SSSR count). The van der Waals surface area contributed by atoms with Gasteiger partial charge in [-0.05, 0) is 30.4 Å². The number of aryl methyl sites for hydroxylation is 1. The number of urea groups is 1. The zero-order chi connectivity index (χ0) is 14.8. The van der Waals surface area contributed by atoms with Gasteiger partial charge in [0, 0.05) is 12.5 Å². The Morgan fingerprint density at radius 1 is 1.29 bits per heavy atom. The fraction of sp³-hybridized carbons (Fsp3) is 0.467. The van der Waals surface area contributed by atoms with Crippen molar-refractivity contribution in [3.8, 4) is 0 Å². The van der Waals surface area contributed by atoms with Crippen molar-refractivity contribution in [2.24, 2.45) is 5.92 Å². The number of imide groups is 1. The van der Waals surface area contributed by atoms with E-state index >= 15 is 0 Å². The van der Waals surface area contributed by atoms with Crippen LogP contribution in [0.25, 0.3) is 0 Å². The molecule has 1 aromatic carbocycles. The molecule has 110 valence electrons. The van der Waals surface area contributed by atoms with Gasteiger partial charge in [0.1, 0.15) is 9.87 Å². The van der Waals surface area contributed by atoms with Crippen LogP contribution in [0.4, 0.5) is 4.79 Å². The zero-order valence-electron chi connectivity index (χ0n) is 11.2. The maximum atomic E-state index is 12.8. The number of carbonyl (C=O) groups is 2. The summed E-state index contributed by atoms with van der Waals surface area (Å²) in [6, 6.07) is 7.45. The van der Waals surface area contributed by atoms with Gasteiger partial charge in [-0.2, -0.15) is 0 Å². The molecule has 1 spiro atoms. The molecule has 1 heterocycles. The van der Waals surface area contributed by atoms with Gasteiger partial charge in [-0.3, -0.25) is 9.69 Å². The van der Waals surface area contributed by atoms with E-state index in [0.29, 0.717) is 19.4 Å². The minimum atomic E-state index is -0.885. The highest BCUT2D eigenvalue weighted by atomic mass is 35.5. The number of amides is 3. The van der Waals surface area contributed by atoms with Crippen LogP contribution < -0.4 is 5.32 Å². The van der Waals surface area contributed by atoms with Gasteiger partial charge in [-0.15, -0.1) is 23.2 Å². The molecule has 2 fully saturated rings. The molecular weight excluding hydrogens is 311 g/mol. The minimum Gasteiger partial charge on any atom is -0.319 e. The Balaban J connectivity index is 1.65. The third-order valence-electron chi connectivity index (χ3n) is 4.78. The Labute approximate surface area is 132 Å². The lowest BCUT2D eigenvalue weighted by Crippen LogP contribution is -2.42. The summed E-state index contributed by atoms with van der Waals surface area (Å²) < 4.78 is -0.788. The highest BCUT2D eigenvalue weighted by Gasteiger charge is 2.59. The fourth-order valence-corrected chi connectivity index (χ4v) is 3.95. The maximum absolute atomic E-state index is 12.8. The summed E-state index contributed by atoms with van der Waals surface area (Å²) in [4.78, 5) is 26.3. The number of benzene rings is 1. The number of fused-ring (bicyclic) bond motifs is 2. The van der Waals surface area contributed by atoms with Crippen LogP contribution >= 0.6 is 23.2 Å². The number of hydrogen-bond donors (Lipinski definition) is 1. The summed E-state index contributed by atoms with van der Waals surface area (Å²) >= 11 is 12.0. The van der Waals surface area contributed by atoms with Crippen molar-refractivity contribution in [2.45, 2.75) is 29.1 Å². The second-order valence-electron chi connectivity index (χ2n) is 6.07. The summed E-state index contributed by atoms with van der Waals surface area (Å²) in [7, 11) is 0. The summed E-state index contributed by atoms with van der Waals surface area (Å²) in [5.41, 5.74) is 1.16. The minimum absolute atomic E-state index is 0.0256. The molecule has 1 saturated heterocycles. The molecule has 1 saturated carbocycles. The largest absolute Gasteiger partial charge is 0.325 e. The predicted octanol–water partition coefficient (Wildman–Crippen LogP) is 2.57. The molecule has 3 amide bonds. The summed E-state index contributed by atoms with van der Waals surface area (Å²) in [6.07, 6.45) is 2.04. The molecule has 2 atom stereocenters. The molecule has 2 aliphatic carbocycles. The number of nitrogens with one attached hydrogen (secondary N) is 1. The van der Waals surface area contributed by atoms with E-state index in [9.17, 15) is 9.59 Å². The van der Waals surface area contributed by atoms with Crippen LogP contribution in [0.1, 0.15) is 24.0 Å². The first-order valence-corrected chi connectivity index (χ1v) is 7.80. The Morgan fingerprint density at radius 2 is 2.00 bits per heavy atom. The Bertz CT molecular complexity index is 661. The van der Waals surface area contributed by atoms with Gasteiger partial charge in [0.05, 0.1) is 0 Å². The molecule has 1 aliphatic heterocycles. The van der Waals surface area contributed by atoms with Crippen LogP contribution in [0.2, 0.25) is 0 Å². The van der Waals surface area contributed by atoms with Gasteiger partial charge in [0.25, 0.3) is 5.91 Å². The molecule has 0 bridgehead atoms. The fourth-order valence-electron chi connectivity index (χ4n) is 3.44. The molecular formula is C15H14Cl2N2O2. The first kappa shape index (κ1) is 13.4. The summed E-state index contributed by atoms with van der Waals surface area (Å²) in [5, 5.41) is 2.90. The van der Waals surface area contributed by atoms with Gasteiger partial charge in [-0.25, -0.2) is 4.79 Å². The van der Waals surface area contributed by atoms with E-state index < -0.39 is 9.87 Å². The average Bonchev–Trinajstić information content (AvgIpc) is 2.79. The van der Waals surface area contributed by atoms with Crippen molar-refractivity contribution in [3.63, 3.8) is 0 Å². The summed E-state index contributed by atoms with van der Waals surface area (Å²) in [6.45, 7) is 0.293. The molecule has 1 N–H and O–H groups in total. The van der Waals surface area contributed by atoms with Gasteiger partial charge >= 0.3 is 6.03 Å². The van der Waals surface area contributed by atoms with Crippen molar-refractivity contribution in [1.29, 1.82) is 0 Å². The highest BCUT2D eigenvalue weighted by Crippen LogP contribution is 2.54. The van der Waals surface area contributed by atoms with E-state index in [4.69, 9.17) is 23.2 Å². The number of nitrogens with zero attached hydrogens (tertiary/aromatic N) is 1. The Hall–Kier alpha value is -1.26. The van der Waals surface area contributed by atoms with E-state index in [1.807, 2.05) is 24.3 Å². The number of rotatable bonds is 2. The monoisotopic (exact) mass is 324 g/mol. The number of alkyl halides is 2. The SMILES string of the molecule is O=C1N[C@]2(CCc3ccccc32)C(=O)N1C[C@H]1CC1(Cl)Cl. The molecule has 0 aromatic heterocycles. The second kappa shape index (κ2) is 4.14. The zero-order valence-corrected chi connectivity index (χ0v) is 12.7. The normalized spacial score (nSPS) is 32.5. The van der Waals surface area contributed by atoms with Crippen LogP contribution in [0.15, 0.2) is 24.3 Å². The van der Waals surface area contributed by atoms with Crippen LogP contribution in [-0.4, -0.2) is 27.7 Å². The highest BCUT2D eigenvalue weighted by molar-refractivity contribution is 6.50. The standard InChI is InChI=1S/C15H14Cl2N2O2/c16-15(17)7-10(15)8-19-12(20)14(18-13(19)21)6-5-9-3-1-2-4-11(9)14/h1-4,10H,5-8H2,(H,18,21)/t10-,14+/m1/s1. The van der Waals surface area contributed by atoms with E-state index in [0.717, 1.165) is 17.5 Å². The predicted molar refractivity (Wildman–Crippen MR) is 79.2 cm³/mol. The van der Waals surface area contributed by atoms with Crippen LogP contribution in [0, 0.1) is 5.92 Å². The number of hydrogen-bond acceptors (Lipinski definition) is 2. The molecule has 6 heteroatoms. The van der Waals surface area contributed by atoms with Gasteiger partial charge in [0.2, 0.25) is 0 Å². The lowest BCUT2D eigenvalue weighted by Gasteiger charge is -2.22. The summed E-state index contributed by atoms with van der Waals surface area (Å²) in [5.74, 6) is -0.198. The topological polar surface area (TPSA) is 49.4 Å². The molecule has 1 aromatic rings. The van der Waals surface area contributed by atoms with Crippen molar-refractivity contribution in [3.05, 3.63) is 35.4 Å². The molecule has 3 aliphatic rings. The van der Waals surface area contributed by atoms with Crippen molar-refractivity contribution >= 4 is 35.1 Å². The first-order chi connectivity index (χ1) is 9.94. The third kappa shape index (κ3) is 1.82. The van der Waals surface area contributed by atoms with Crippen LogP contribution in [0.5, 0.6) is 0 Å². The maximum Gasteiger partial charge on any atom is 0.325 e. The van der Waals surface area contributed by atoms with Crippen molar-refractivity contribution < 1.29 is 9.59 Å². The number of halogens is 2. The van der Waals surface area contributed by atoms with E-state index in [1.54, 1.807) is 0 Å². The molecule has 4 nitrogen and oxygen atoms in total. The van der Waals surface area contributed by atoms with Gasteiger partial charge in [0.15, 0.2) is 0 Å². The number of carbonyl (C=O) groups excluding carboxylic acids is 2. The van der Waals surface area contributed by atoms with Gasteiger partial charge in [-0.1, -0.05) is 24.3 Å². The van der Waals surface area contributed by atoms with Crippen molar-refractivity contribution in [1.82, 2.24) is 10.2 Å². The van der Waals surface area contributed by atoms with Crippen LogP contribution in [0.3, 0.4) is 0 Å². The average molecular weight is 325 g/mol. The van der Waals surface area contributed by atoms with E-state index in [1.165, 1.54) is 4.90 Å². The quantitative estimate of drug-likeness (QED) is 0.671. The Kier molecular flexibility index (Phi) is 2.64. The van der Waals surface area contributed by atoms with E-state index in [-0.39, 0.29) is 17.9 Å². The van der Waals surface area contributed by atoms with E-state index in [2.05, 4.69) is 5.32 Å². The third-order valence-corrected chi connectivity index (χ3v) is 5.71. The molecule has 0 unspecified atom stereocenters.